The topological polar surface area (TPSA) is 46.5 Å². The van der Waals surface area contributed by atoms with Gasteiger partial charge < -0.3 is 9.84 Å². The SMILES string of the molecule is CCOc1ccc(C(=O)C2c3ccccc3SC2c2ccc(O)cc2)cc1. The summed E-state index contributed by atoms with van der Waals surface area (Å²) < 4.78 is 5.48. The van der Waals surface area contributed by atoms with Crippen LogP contribution in [0, 0.1) is 0 Å². The Kier molecular flexibility index (Phi) is 4.90. The number of aromatic hydroxyl groups is 1. The van der Waals surface area contributed by atoms with Gasteiger partial charge in [-0.1, -0.05) is 30.3 Å². The molecule has 2 atom stereocenters. The van der Waals surface area contributed by atoms with E-state index in [9.17, 15) is 9.90 Å². The molecule has 4 heteroatoms. The number of benzene rings is 3. The summed E-state index contributed by atoms with van der Waals surface area (Å²) in [6.07, 6.45) is 0. The van der Waals surface area contributed by atoms with E-state index in [1.54, 1.807) is 23.9 Å². The maximum atomic E-state index is 13.4. The number of fused-ring (bicyclic) bond motifs is 1. The Balaban J connectivity index is 1.71. The number of ether oxygens (including phenoxy) is 1. The molecule has 0 aliphatic carbocycles. The fourth-order valence-corrected chi connectivity index (χ4v) is 4.94. The molecule has 0 aromatic heterocycles. The average molecular weight is 376 g/mol. The third-order valence-corrected chi connectivity index (χ3v) is 6.19. The summed E-state index contributed by atoms with van der Waals surface area (Å²) in [5.74, 6) is 0.848. The number of rotatable bonds is 5. The molecule has 1 N–H and O–H groups in total. The van der Waals surface area contributed by atoms with Gasteiger partial charge in [-0.15, -0.1) is 11.8 Å². The van der Waals surface area contributed by atoms with Crippen molar-refractivity contribution in [3.63, 3.8) is 0 Å². The van der Waals surface area contributed by atoms with Crippen molar-refractivity contribution < 1.29 is 14.6 Å². The average Bonchev–Trinajstić information content (AvgIpc) is 3.08. The number of phenols is 1. The van der Waals surface area contributed by atoms with Crippen molar-refractivity contribution in [1.29, 1.82) is 0 Å². The smallest absolute Gasteiger partial charge is 0.171 e. The van der Waals surface area contributed by atoms with Crippen LogP contribution in [0.3, 0.4) is 0 Å². The van der Waals surface area contributed by atoms with Gasteiger partial charge in [-0.2, -0.15) is 0 Å². The molecular weight excluding hydrogens is 356 g/mol. The molecule has 1 heterocycles. The van der Waals surface area contributed by atoms with E-state index in [1.165, 1.54) is 0 Å². The quantitative estimate of drug-likeness (QED) is 0.589. The molecule has 0 bridgehead atoms. The third kappa shape index (κ3) is 3.45. The van der Waals surface area contributed by atoms with Crippen molar-refractivity contribution in [2.45, 2.75) is 23.0 Å². The Hall–Kier alpha value is -2.72. The zero-order chi connectivity index (χ0) is 18.8. The molecule has 3 nitrogen and oxygen atoms in total. The standard InChI is InChI=1S/C23H20O3S/c1-2-26-18-13-9-15(10-14-18)22(25)21-19-5-3-4-6-20(19)27-23(21)16-7-11-17(24)12-8-16/h3-14,21,23-24H,2H2,1H3. The Morgan fingerprint density at radius 3 is 2.41 bits per heavy atom. The van der Waals surface area contributed by atoms with Crippen LogP contribution in [0.1, 0.15) is 39.6 Å². The molecule has 3 aromatic carbocycles. The molecule has 0 saturated heterocycles. The predicted molar refractivity (Wildman–Crippen MR) is 108 cm³/mol. The first-order chi connectivity index (χ1) is 13.2. The van der Waals surface area contributed by atoms with Gasteiger partial charge in [0.25, 0.3) is 0 Å². The Bertz CT molecular complexity index is 948. The second-order valence-electron chi connectivity index (χ2n) is 6.47. The number of phenolic OH excluding ortho intramolecular Hbond substituents is 1. The zero-order valence-electron chi connectivity index (χ0n) is 15.0. The van der Waals surface area contributed by atoms with E-state index in [2.05, 4.69) is 6.07 Å². The lowest BCUT2D eigenvalue weighted by atomic mass is 9.85. The lowest BCUT2D eigenvalue weighted by Crippen LogP contribution is -2.16. The molecule has 0 amide bonds. The minimum absolute atomic E-state index is 0.0120. The zero-order valence-corrected chi connectivity index (χ0v) is 15.8. The molecule has 27 heavy (non-hydrogen) atoms. The van der Waals surface area contributed by atoms with Crippen molar-refractivity contribution in [2.24, 2.45) is 0 Å². The van der Waals surface area contributed by atoms with Crippen LogP contribution < -0.4 is 4.74 Å². The van der Waals surface area contributed by atoms with Crippen LogP contribution in [0.2, 0.25) is 0 Å². The molecule has 2 unspecified atom stereocenters. The first kappa shape index (κ1) is 17.7. The van der Waals surface area contributed by atoms with Gasteiger partial charge in [0.15, 0.2) is 5.78 Å². The van der Waals surface area contributed by atoms with Crippen LogP contribution in [-0.2, 0) is 0 Å². The number of Topliss-reactive ketones (excluding diaryl/α,β-unsaturated/α-hetero) is 1. The highest BCUT2D eigenvalue weighted by atomic mass is 32.2. The summed E-state index contributed by atoms with van der Waals surface area (Å²) in [5.41, 5.74) is 2.79. The minimum atomic E-state index is -0.256. The molecule has 0 saturated carbocycles. The molecule has 3 aromatic rings. The van der Waals surface area contributed by atoms with Crippen LogP contribution in [0.4, 0.5) is 0 Å². The number of hydrogen-bond donors (Lipinski definition) is 1. The predicted octanol–water partition coefficient (Wildman–Crippen LogP) is 5.60. The summed E-state index contributed by atoms with van der Waals surface area (Å²) in [6, 6.07) is 22.6. The maximum absolute atomic E-state index is 13.4. The van der Waals surface area contributed by atoms with E-state index >= 15 is 0 Å². The summed E-state index contributed by atoms with van der Waals surface area (Å²) in [5, 5.41) is 9.60. The number of thioether (sulfide) groups is 1. The van der Waals surface area contributed by atoms with Gasteiger partial charge in [-0.05, 0) is 60.5 Å². The minimum Gasteiger partial charge on any atom is -0.508 e. The Morgan fingerprint density at radius 2 is 1.70 bits per heavy atom. The second kappa shape index (κ2) is 7.49. The van der Waals surface area contributed by atoms with Crippen molar-refractivity contribution in [1.82, 2.24) is 0 Å². The second-order valence-corrected chi connectivity index (χ2v) is 7.65. The molecular formula is C23H20O3S. The van der Waals surface area contributed by atoms with Crippen LogP contribution in [0.15, 0.2) is 77.7 Å². The number of ketones is 1. The number of carbonyl (C=O) groups excluding carboxylic acids is 1. The van der Waals surface area contributed by atoms with Gasteiger partial charge in [-0.25, -0.2) is 0 Å². The summed E-state index contributed by atoms with van der Waals surface area (Å²) in [6.45, 7) is 2.54. The maximum Gasteiger partial charge on any atom is 0.171 e. The van der Waals surface area contributed by atoms with E-state index in [0.29, 0.717) is 12.2 Å². The first-order valence-corrected chi connectivity index (χ1v) is 9.87. The fraction of sp³-hybridized carbons (Fsp3) is 0.174. The molecule has 0 radical (unpaired) electrons. The Morgan fingerprint density at radius 1 is 1.00 bits per heavy atom. The number of carbonyl (C=O) groups is 1. The fourth-order valence-electron chi connectivity index (χ4n) is 3.48. The monoisotopic (exact) mass is 376 g/mol. The van der Waals surface area contributed by atoms with Crippen molar-refractivity contribution in [3.8, 4) is 11.5 Å². The molecule has 136 valence electrons. The van der Waals surface area contributed by atoms with Gasteiger partial charge >= 0.3 is 0 Å². The molecule has 4 rings (SSSR count). The van der Waals surface area contributed by atoms with E-state index in [-0.39, 0.29) is 22.7 Å². The normalized spacial score (nSPS) is 18.1. The van der Waals surface area contributed by atoms with E-state index < -0.39 is 0 Å². The van der Waals surface area contributed by atoms with Crippen LogP contribution in [0.5, 0.6) is 11.5 Å². The molecule has 1 aliphatic rings. The molecule has 0 spiro atoms. The van der Waals surface area contributed by atoms with Gasteiger partial charge in [0.1, 0.15) is 11.5 Å². The lowest BCUT2D eigenvalue weighted by Gasteiger charge is -2.19. The first-order valence-electron chi connectivity index (χ1n) is 8.99. The van der Waals surface area contributed by atoms with Gasteiger partial charge in [-0.3, -0.25) is 4.79 Å². The summed E-state index contributed by atoms with van der Waals surface area (Å²) >= 11 is 1.71. The molecule has 1 aliphatic heterocycles. The van der Waals surface area contributed by atoms with Crippen molar-refractivity contribution >= 4 is 17.5 Å². The van der Waals surface area contributed by atoms with Gasteiger partial charge in [0.05, 0.1) is 12.5 Å². The highest BCUT2D eigenvalue weighted by molar-refractivity contribution is 8.00. The van der Waals surface area contributed by atoms with Crippen LogP contribution in [0.25, 0.3) is 0 Å². The van der Waals surface area contributed by atoms with Crippen LogP contribution in [-0.4, -0.2) is 17.5 Å². The number of hydrogen-bond acceptors (Lipinski definition) is 4. The largest absolute Gasteiger partial charge is 0.508 e. The van der Waals surface area contributed by atoms with Gasteiger partial charge in [0, 0.05) is 15.7 Å². The van der Waals surface area contributed by atoms with E-state index in [4.69, 9.17) is 4.74 Å². The Labute approximate surface area is 163 Å². The lowest BCUT2D eigenvalue weighted by molar-refractivity contribution is 0.0958. The van der Waals surface area contributed by atoms with Crippen molar-refractivity contribution in [3.05, 3.63) is 89.5 Å². The molecule has 0 fully saturated rings. The van der Waals surface area contributed by atoms with Crippen LogP contribution >= 0.6 is 11.8 Å². The third-order valence-electron chi connectivity index (χ3n) is 4.76. The van der Waals surface area contributed by atoms with Gasteiger partial charge in [0.2, 0.25) is 0 Å². The van der Waals surface area contributed by atoms with E-state index in [0.717, 1.165) is 21.8 Å². The summed E-state index contributed by atoms with van der Waals surface area (Å²) in [4.78, 5) is 14.6. The summed E-state index contributed by atoms with van der Waals surface area (Å²) in [7, 11) is 0. The van der Waals surface area contributed by atoms with Crippen molar-refractivity contribution in [2.75, 3.05) is 6.61 Å². The highest BCUT2D eigenvalue weighted by Crippen LogP contribution is 2.55. The highest BCUT2D eigenvalue weighted by Gasteiger charge is 2.39. The van der Waals surface area contributed by atoms with E-state index in [1.807, 2.05) is 61.5 Å².